The molecule has 3 N–H and O–H groups in total. The normalized spacial score (nSPS) is 10.1. The van der Waals surface area contributed by atoms with Crippen molar-refractivity contribution >= 4 is 17.9 Å². The molecule has 20 heavy (non-hydrogen) atoms. The van der Waals surface area contributed by atoms with Crippen molar-refractivity contribution in [2.24, 2.45) is 7.05 Å². The van der Waals surface area contributed by atoms with Crippen molar-refractivity contribution in [2.75, 3.05) is 19.8 Å². The van der Waals surface area contributed by atoms with Crippen LogP contribution in [0.4, 0.5) is 4.79 Å². The van der Waals surface area contributed by atoms with Crippen molar-refractivity contribution in [2.45, 2.75) is 6.42 Å². The number of aliphatic carboxylic acids is 1. The van der Waals surface area contributed by atoms with Crippen LogP contribution >= 0.6 is 0 Å². The molecule has 110 valence electrons. The third-order valence-corrected chi connectivity index (χ3v) is 2.15. The number of carboxylic acid groups (broad SMARTS) is 1. The summed E-state index contributed by atoms with van der Waals surface area (Å²) in [6.07, 6.45) is 2.01. The molecule has 1 aromatic rings. The van der Waals surface area contributed by atoms with Gasteiger partial charge in [0.25, 0.3) is 5.91 Å². The smallest absolute Gasteiger partial charge is 0.329 e. The lowest BCUT2D eigenvalue weighted by atomic mass is 10.4. The summed E-state index contributed by atoms with van der Waals surface area (Å²) in [5, 5.41) is 20.3. The highest BCUT2D eigenvalue weighted by Gasteiger charge is 2.09. The molecule has 0 unspecified atom stereocenters. The van der Waals surface area contributed by atoms with Gasteiger partial charge >= 0.3 is 12.0 Å². The van der Waals surface area contributed by atoms with Gasteiger partial charge in [0.1, 0.15) is 25.4 Å². The molecule has 0 atom stereocenters. The van der Waals surface area contributed by atoms with Gasteiger partial charge in [0.15, 0.2) is 0 Å². The number of carbonyl (C=O) groups is 3. The van der Waals surface area contributed by atoms with Crippen molar-refractivity contribution < 1.29 is 24.2 Å². The maximum atomic E-state index is 11.3. The van der Waals surface area contributed by atoms with Gasteiger partial charge in [-0.2, -0.15) is 0 Å². The van der Waals surface area contributed by atoms with E-state index in [1.54, 1.807) is 17.9 Å². The molecular weight excluding hydrogens is 270 g/mol. The van der Waals surface area contributed by atoms with Crippen LogP contribution in [0.2, 0.25) is 0 Å². The van der Waals surface area contributed by atoms with Crippen LogP contribution in [0.25, 0.3) is 0 Å². The minimum atomic E-state index is -1.19. The summed E-state index contributed by atoms with van der Waals surface area (Å²) in [4.78, 5) is 32.6. The Kier molecular flexibility index (Phi) is 6.10. The number of imide groups is 1. The van der Waals surface area contributed by atoms with E-state index < -0.39 is 31.1 Å². The molecule has 1 heterocycles. The van der Waals surface area contributed by atoms with Gasteiger partial charge in [-0.05, 0) is 0 Å². The van der Waals surface area contributed by atoms with E-state index in [2.05, 4.69) is 20.3 Å². The summed E-state index contributed by atoms with van der Waals surface area (Å²) in [6.45, 7) is -0.814. The van der Waals surface area contributed by atoms with Gasteiger partial charge in [0.2, 0.25) is 0 Å². The Bertz CT molecular complexity index is 486. The van der Waals surface area contributed by atoms with E-state index in [4.69, 9.17) is 5.11 Å². The second kappa shape index (κ2) is 7.84. The highest BCUT2D eigenvalue weighted by Crippen LogP contribution is 1.90. The molecule has 0 spiro atoms. The topological polar surface area (TPSA) is 135 Å². The Hall–Kier alpha value is -2.49. The number of rotatable bonds is 7. The minimum Gasteiger partial charge on any atom is -0.480 e. The van der Waals surface area contributed by atoms with E-state index in [9.17, 15) is 14.4 Å². The van der Waals surface area contributed by atoms with Gasteiger partial charge in [0, 0.05) is 20.0 Å². The molecule has 0 saturated heterocycles. The maximum absolute atomic E-state index is 11.3. The molecule has 0 aliphatic carbocycles. The highest BCUT2D eigenvalue weighted by atomic mass is 16.5. The fraction of sp³-hybridized carbons (Fsp3) is 0.500. The third kappa shape index (κ3) is 5.91. The van der Waals surface area contributed by atoms with Crippen molar-refractivity contribution in [3.63, 3.8) is 0 Å². The van der Waals surface area contributed by atoms with Crippen LogP contribution in [0.1, 0.15) is 5.82 Å². The summed E-state index contributed by atoms with van der Waals surface area (Å²) in [5.41, 5.74) is 0. The van der Waals surface area contributed by atoms with Gasteiger partial charge in [-0.25, -0.2) is 9.59 Å². The van der Waals surface area contributed by atoms with Gasteiger partial charge in [-0.15, -0.1) is 10.2 Å². The molecule has 0 aromatic carbocycles. The molecule has 10 nitrogen and oxygen atoms in total. The molecule has 1 rings (SSSR count). The largest absolute Gasteiger partial charge is 0.480 e. The van der Waals surface area contributed by atoms with E-state index >= 15 is 0 Å². The molecule has 0 bridgehead atoms. The van der Waals surface area contributed by atoms with E-state index in [0.717, 1.165) is 0 Å². The highest BCUT2D eigenvalue weighted by molar-refractivity contribution is 5.94. The second-order valence-electron chi connectivity index (χ2n) is 3.80. The zero-order chi connectivity index (χ0) is 15.0. The van der Waals surface area contributed by atoms with E-state index in [1.165, 1.54) is 0 Å². The summed E-state index contributed by atoms with van der Waals surface area (Å²) in [5.74, 6) is -1.21. The Morgan fingerprint density at radius 2 is 2.15 bits per heavy atom. The predicted octanol–water partition coefficient (Wildman–Crippen LogP) is -1.72. The number of carbonyl (C=O) groups excluding carboxylic acids is 2. The van der Waals surface area contributed by atoms with Crippen molar-refractivity contribution in [1.82, 2.24) is 25.4 Å². The average Bonchev–Trinajstić information content (AvgIpc) is 2.74. The molecule has 10 heteroatoms. The first-order chi connectivity index (χ1) is 9.49. The van der Waals surface area contributed by atoms with Crippen LogP contribution in [0.15, 0.2) is 6.33 Å². The van der Waals surface area contributed by atoms with Crippen molar-refractivity contribution in [1.29, 1.82) is 0 Å². The van der Waals surface area contributed by atoms with E-state index in [-0.39, 0.29) is 6.54 Å². The fourth-order valence-corrected chi connectivity index (χ4v) is 1.26. The number of amides is 3. The monoisotopic (exact) mass is 285 g/mol. The molecule has 0 aliphatic rings. The summed E-state index contributed by atoms with van der Waals surface area (Å²) >= 11 is 0. The Morgan fingerprint density at radius 3 is 2.75 bits per heavy atom. The minimum absolute atomic E-state index is 0.279. The lowest BCUT2D eigenvalue weighted by Crippen LogP contribution is -2.42. The molecular formula is C10H15N5O5. The van der Waals surface area contributed by atoms with Crippen LogP contribution in [0.5, 0.6) is 0 Å². The zero-order valence-electron chi connectivity index (χ0n) is 10.8. The summed E-state index contributed by atoms with van der Waals surface area (Å²) in [6, 6.07) is -0.684. The molecule has 1 aromatic heterocycles. The lowest BCUT2D eigenvalue weighted by molar-refractivity contribution is -0.143. The van der Waals surface area contributed by atoms with Crippen molar-refractivity contribution in [3.8, 4) is 0 Å². The second-order valence-corrected chi connectivity index (χ2v) is 3.80. The number of nitrogens with zero attached hydrogens (tertiary/aromatic N) is 3. The van der Waals surface area contributed by atoms with Gasteiger partial charge in [-0.1, -0.05) is 0 Å². The van der Waals surface area contributed by atoms with Gasteiger partial charge in [-0.3, -0.25) is 10.1 Å². The van der Waals surface area contributed by atoms with E-state index in [1.807, 2.05) is 5.32 Å². The molecule has 0 saturated carbocycles. The van der Waals surface area contributed by atoms with Gasteiger partial charge in [0.05, 0.1) is 0 Å². The first-order valence-corrected chi connectivity index (χ1v) is 5.69. The molecule has 0 radical (unpaired) electrons. The Balaban J connectivity index is 2.15. The predicted molar refractivity (Wildman–Crippen MR) is 64.7 cm³/mol. The first kappa shape index (κ1) is 15.6. The number of carboxylic acids is 1. The number of aryl methyl sites for hydroxylation is 1. The SMILES string of the molecule is Cn1cnnc1CCNC(=O)NC(=O)COCC(=O)O. The summed E-state index contributed by atoms with van der Waals surface area (Å²) < 4.78 is 6.24. The number of hydrogen-bond donors (Lipinski definition) is 3. The number of aromatic nitrogens is 3. The maximum Gasteiger partial charge on any atom is 0.329 e. The Morgan fingerprint density at radius 1 is 1.40 bits per heavy atom. The van der Waals surface area contributed by atoms with Crippen molar-refractivity contribution in [3.05, 3.63) is 12.2 Å². The van der Waals surface area contributed by atoms with Crippen LogP contribution in [-0.2, 0) is 27.8 Å². The molecule has 0 fully saturated rings. The van der Waals surface area contributed by atoms with Crippen LogP contribution in [0, 0.1) is 0 Å². The molecule has 0 aliphatic heterocycles. The number of hydrogen-bond acceptors (Lipinski definition) is 6. The zero-order valence-corrected chi connectivity index (χ0v) is 10.8. The molecule has 3 amide bonds. The fourth-order valence-electron chi connectivity index (χ4n) is 1.26. The lowest BCUT2D eigenvalue weighted by Gasteiger charge is -2.06. The third-order valence-electron chi connectivity index (χ3n) is 2.15. The number of ether oxygens (including phenoxy) is 1. The Labute approximate surface area is 114 Å². The number of nitrogens with one attached hydrogen (secondary N) is 2. The quantitative estimate of drug-likeness (QED) is 0.542. The van der Waals surface area contributed by atoms with E-state index in [0.29, 0.717) is 12.2 Å². The van der Waals surface area contributed by atoms with Gasteiger partial charge < -0.3 is 19.7 Å². The first-order valence-electron chi connectivity index (χ1n) is 5.69. The summed E-state index contributed by atoms with van der Waals surface area (Å²) in [7, 11) is 1.78. The number of urea groups is 1. The van der Waals surface area contributed by atoms with Crippen LogP contribution < -0.4 is 10.6 Å². The average molecular weight is 285 g/mol. The van der Waals surface area contributed by atoms with Crippen LogP contribution in [-0.4, -0.2) is 57.5 Å². The van der Waals surface area contributed by atoms with Crippen LogP contribution in [0.3, 0.4) is 0 Å². The standard InChI is InChI=1S/C10H15N5O5/c1-15-6-12-14-7(15)2-3-11-10(19)13-8(16)4-20-5-9(17)18/h6H,2-5H2,1H3,(H,17,18)(H2,11,13,16,19).